The van der Waals surface area contributed by atoms with Gasteiger partial charge in [0.2, 0.25) is 0 Å². The first-order valence-corrected chi connectivity index (χ1v) is 35.6. The van der Waals surface area contributed by atoms with Crippen molar-refractivity contribution in [3.8, 4) is 23.0 Å². The molecule has 1 aliphatic heterocycles. The predicted molar refractivity (Wildman–Crippen MR) is 349 cm³/mol. The molecule has 20 atom stereocenters. The molecule has 15 nitrogen and oxygen atoms in total. The molecule has 1 heterocycles. The number of benzene rings is 2. The molecular weight excluding hydrogens is 1180 g/mol. The average molecular weight is 1290 g/mol. The van der Waals surface area contributed by atoms with Crippen molar-refractivity contribution < 1.29 is 74.2 Å². The lowest BCUT2D eigenvalue weighted by molar-refractivity contribution is -0.219. The molecule has 8 N–H and O–H groups in total. The summed E-state index contributed by atoms with van der Waals surface area (Å²) < 4.78 is 21.3. The van der Waals surface area contributed by atoms with Crippen LogP contribution in [-0.4, -0.2) is 90.2 Å². The minimum absolute atomic E-state index is 0.0808. The molecule has 0 amide bonds. The maximum Gasteiger partial charge on any atom is 0.312 e. The highest BCUT2D eigenvalue weighted by atomic mass is 16.6. The Bertz CT molecular complexity index is 3230. The highest BCUT2D eigenvalue weighted by molar-refractivity contribution is 5.85. The van der Waals surface area contributed by atoms with Crippen molar-refractivity contribution in [1.29, 1.82) is 0 Å². The number of fused-ring (bicyclic) bond motifs is 14. The highest BCUT2D eigenvalue weighted by Crippen LogP contribution is 2.79. The van der Waals surface area contributed by atoms with Crippen molar-refractivity contribution in [2.75, 3.05) is 13.2 Å². The molecule has 11 aliphatic rings. The lowest BCUT2D eigenvalue weighted by Crippen LogP contribution is -2.66. The Morgan fingerprint density at radius 2 is 0.828 bits per heavy atom. The van der Waals surface area contributed by atoms with E-state index in [9.17, 15) is 50.4 Å². The quantitative estimate of drug-likeness (QED) is 0.0625. The fourth-order valence-corrected chi connectivity index (χ4v) is 25.3. The second kappa shape index (κ2) is 21.7. The van der Waals surface area contributed by atoms with Crippen LogP contribution >= 0.6 is 0 Å². The minimum atomic E-state index is -1.49. The summed E-state index contributed by atoms with van der Waals surface area (Å²) in [5, 5.41) is 90.3. The summed E-state index contributed by atoms with van der Waals surface area (Å²) >= 11 is 0. The molecule has 8 saturated carbocycles. The van der Waals surface area contributed by atoms with E-state index < -0.39 is 116 Å². The Balaban J connectivity index is 0.928. The molecule has 1 saturated heterocycles. The normalized spacial score (nSPS) is 44.7. The molecule has 15 heteroatoms. The number of esters is 2. The lowest BCUT2D eigenvalue weighted by Gasteiger charge is -2.71. The molecule has 93 heavy (non-hydrogen) atoms. The van der Waals surface area contributed by atoms with Gasteiger partial charge < -0.3 is 55.1 Å². The summed E-state index contributed by atoms with van der Waals surface area (Å²) in [7, 11) is 0. The van der Waals surface area contributed by atoms with E-state index in [0.717, 1.165) is 75.4 Å². The van der Waals surface area contributed by atoms with Gasteiger partial charge in [0.25, 0.3) is 0 Å². The molecule has 9 fully saturated rings. The minimum Gasteiger partial charge on any atom is -0.504 e. The molecule has 0 aromatic heterocycles. The smallest absolute Gasteiger partial charge is 0.312 e. The molecule has 20 unspecified atom stereocenters. The average Bonchev–Trinajstić information content (AvgIpc) is 1.08. The Kier molecular flexibility index (Phi) is 15.5. The van der Waals surface area contributed by atoms with Gasteiger partial charge in [-0.3, -0.25) is 19.2 Å². The van der Waals surface area contributed by atoms with Crippen LogP contribution in [0.2, 0.25) is 0 Å². The zero-order valence-electron chi connectivity index (χ0n) is 57.5. The van der Waals surface area contributed by atoms with Gasteiger partial charge in [-0.2, -0.15) is 0 Å². The number of ether oxygens (including phenoxy) is 3. The van der Waals surface area contributed by atoms with Gasteiger partial charge in [0.05, 0.1) is 35.2 Å². The van der Waals surface area contributed by atoms with Gasteiger partial charge >= 0.3 is 23.9 Å². The predicted octanol–water partition coefficient (Wildman–Crippen LogP) is 15.1. The van der Waals surface area contributed by atoms with Crippen molar-refractivity contribution in [3.63, 3.8) is 0 Å². The fourth-order valence-electron chi connectivity index (χ4n) is 25.3. The number of hydrogen-bond donors (Lipinski definition) is 8. The number of phenolic OH excluding ortho intramolecular Hbond substituents is 4. The second-order valence-electron chi connectivity index (χ2n) is 36.3. The molecule has 0 bridgehead atoms. The first-order valence-electron chi connectivity index (χ1n) is 35.6. The SMILES string of the molecule is CC1(C)CCC2(C(=O)O)CCC3(COC(=O)C4C(c5ccc(O)c(O)c5)OC(c5ccc(O)c(O)c5)C4C(=O)OCC45CCC6(C(=O)O)CCC(C)(C)CC6C4=CCC4C6(C)CCC(O)C(C)(C)C6CCC45C)C(=CCC4C5(C)CCC(O)C(C)(C)C5CCC43C)C2C1. The second-order valence-corrected chi connectivity index (χ2v) is 36.3. The van der Waals surface area contributed by atoms with Crippen molar-refractivity contribution in [1.82, 2.24) is 0 Å². The van der Waals surface area contributed by atoms with Crippen molar-refractivity contribution in [2.45, 2.75) is 236 Å². The zero-order chi connectivity index (χ0) is 67.2. The maximum absolute atomic E-state index is 16.5. The van der Waals surface area contributed by atoms with Crippen LogP contribution in [0.15, 0.2) is 59.7 Å². The lowest BCUT2D eigenvalue weighted by atomic mass is 9.33. The first-order chi connectivity index (χ1) is 43.4. The molecule has 2 aromatic carbocycles. The van der Waals surface area contributed by atoms with Crippen molar-refractivity contribution >= 4 is 23.9 Å². The van der Waals surface area contributed by atoms with E-state index in [1.165, 1.54) is 36.4 Å². The van der Waals surface area contributed by atoms with E-state index in [4.69, 9.17) is 14.2 Å². The molecule has 13 rings (SSSR count). The number of hydrogen-bond acceptors (Lipinski definition) is 13. The summed E-state index contributed by atoms with van der Waals surface area (Å²) in [5.74, 6) is -8.04. The summed E-state index contributed by atoms with van der Waals surface area (Å²) in [6.45, 7) is 27.0. The van der Waals surface area contributed by atoms with Gasteiger partial charge in [-0.1, -0.05) is 119 Å². The van der Waals surface area contributed by atoms with Gasteiger partial charge in [-0.25, -0.2) is 0 Å². The summed E-state index contributed by atoms with van der Waals surface area (Å²) in [6.07, 6.45) is 14.2. The van der Waals surface area contributed by atoms with Gasteiger partial charge in [-0.05, 0) is 243 Å². The van der Waals surface area contributed by atoms with Crippen LogP contribution in [0.3, 0.4) is 0 Å². The molecule has 510 valence electrons. The van der Waals surface area contributed by atoms with E-state index in [-0.39, 0.29) is 92.3 Å². The molecule has 0 spiro atoms. The van der Waals surface area contributed by atoms with Crippen LogP contribution in [0, 0.1) is 112 Å². The third-order valence-electron chi connectivity index (χ3n) is 30.9. The van der Waals surface area contributed by atoms with E-state index in [1.54, 1.807) is 0 Å². The maximum atomic E-state index is 16.5. The molecule has 0 radical (unpaired) electrons. The number of allylic oxidation sites excluding steroid dienone is 2. The van der Waals surface area contributed by atoms with Crippen LogP contribution in [-0.2, 0) is 33.4 Å². The Morgan fingerprint density at radius 1 is 0.462 bits per heavy atom. The number of aliphatic hydroxyl groups is 2. The number of carboxylic acid groups (broad SMARTS) is 2. The van der Waals surface area contributed by atoms with Crippen LogP contribution in [0.25, 0.3) is 0 Å². The number of aliphatic hydroxyl groups excluding tert-OH is 2. The van der Waals surface area contributed by atoms with Crippen molar-refractivity contribution in [2.24, 2.45) is 112 Å². The van der Waals surface area contributed by atoms with E-state index >= 15 is 9.59 Å². The van der Waals surface area contributed by atoms with Gasteiger partial charge in [0, 0.05) is 10.8 Å². The highest BCUT2D eigenvalue weighted by Gasteiger charge is 2.74. The van der Waals surface area contributed by atoms with Gasteiger partial charge in [0.1, 0.15) is 25.0 Å². The number of carbonyl (C=O) groups excluding carboxylic acids is 2. The molecule has 10 aliphatic carbocycles. The fraction of sp³-hybridized carbons (Fsp3) is 0.744. The third kappa shape index (κ3) is 9.34. The molecular formula is C78H108O15. The number of rotatable bonds is 10. The largest absolute Gasteiger partial charge is 0.504 e. The molecule has 2 aromatic rings. The van der Waals surface area contributed by atoms with E-state index in [1.807, 2.05) is 0 Å². The van der Waals surface area contributed by atoms with E-state index in [0.29, 0.717) is 64.2 Å². The van der Waals surface area contributed by atoms with Crippen molar-refractivity contribution in [3.05, 3.63) is 70.8 Å². The Labute approximate surface area is 550 Å². The van der Waals surface area contributed by atoms with Crippen LogP contribution in [0.4, 0.5) is 0 Å². The standard InChI is InChI=1S/C78H108O15/c1-67(2)29-31-75(65(87)88)33-35-77(45(47(75)39-67)15-19-55-71(9)25-23-57(83)69(5,6)53(71)21-27-73(55,77)11)41-91-63(85)59-60(62(44-14-18-50(80)52(82)38-44)93-61(59)43-13-17-49(79)51(81)37-43)64(86)92-42-78-36-34-76(66(89)90)32-30-68(3,4)40-48(76)46(78)16-20-56-72(10)26-24-58(84)70(7,8)54(72)22-28-74(56,78)12/h13-18,37-38,47-48,53-62,79-84H,19-36,39-42H2,1-12H3,(H,87,88)(H,89,90). The third-order valence-corrected chi connectivity index (χ3v) is 30.9. The summed E-state index contributed by atoms with van der Waals surface area (Å²) in [5.41, 5.74) is -3.66. The Hall–Kier alpha value is -5.12. The number of aliphatic carboxylic acids is 2. The zero-order valence-corrected chi connectivity index (χ0v) is 57.5. The first kappa shape index (κ1) is 66.5. The monoisotopic (exact) mass is 1280 g/mol. The summed E-state index contributed by atoms with van der Waals surface area (Å²) in [6, 6.07) is 8.31. The Morgan fingerprint density at radius 3 is 1.18 bits per heavy atom. The topological polar surface area (TPSA) is 258 Å². The van der Waals surface area contributed by atoms with Crippen LogP contribution in [0.1, 0.15) is 235 Å². The van der Waals surface area contributed by atoms with E-state index in [2.05, 4.69) is 95.2 Å². The number of carbonyl (C=O) groups is 4. The van der Waals surface area contributed by atoms with Gasteiger partial charge in [0.15, 0.2) is 23.0 Å². The summed E-state index contributed by atoms with van der Waals surface area (Å²) in [4.78, 5) is 61.1. The van der Waals surface area contributed by atoms with Gasteiger partial charge in [-0.15, -0.1) is 0 Å². The number of carboxylic acids is 2. The number of phenols is 4. The van der Waals surface area contributed by atoms with Crippen LogP contribution < -0.4 is 0 Å². The number of aromatic hydroxyl groups is 4. The van der Waals surface area contributed by atoms with Crippen LogP contribution in [0.5, 0.6) is 23.0 Å².